The monoisotopic (exact) mass is 352 g/mol. The van der Waals surface area contributed by atoms with Crippen molar-refractivity contribution >= 4 is 41.3 Å². The zero-order valence-electron chi connectivity index (χ0n) is 13.3. The Labute approximate surface area is 146 Å². The number of carbonyl (C=O) groups is 2. The van der Waals surface area contributed by atoms with E-state index in [4.69, 9.17) is 11.6 Å². The highest BCUT2D eigenvalue weighted by Crippen LogP contribution is 2.22. The van der Waals surface area contributed by atoms with E-state index in [0.29, 0.717) is 16.7 Å². The molecule has 23 heavy (non-hydrogen) atoms. The molecule has 1 fully saturated rings. The third kappa shape index (κ3) is 5.01. The van der Waals surface area contributed by atoms with Crippen molar-refractivity contribution in [2.75, 3.05) is 11.6 Å². The predicted octanol–water partition coefficient (Wildman–Crippen LogP) is 3.17. The minimum absolute atomic E-state index is 0.0717. The molecule has 1 saturated heterocycles. The molecule has 1 aromatic rings. The van der Waals surface area contributed by atoms with Crippen molar-refractivity contribution in [2.45, 2.75) is 32.4 Å². The number of thioether (sulfide) groups is 1. The average molecular weight is 353 g/mol. The highest BCUT2D eigenvalue weighted by molar-refractivity contribution is 7.99. The molecule has 0 radical (unpaired) electrons. The van der Waals surface area contributed by atoms with Crippen molar-refractivity contribution in [3.63, 3.8) is 0 Å². The normalized spacial score (nSPS) is 19.1. The second-order valence-corrected chi connectivity index (χ2v) is 6.96. The number of nitrogens with zero attached hydrogens (tertiary/aromatic N) is 1. The maximum Gasteiger partial charge on any atom is 0.247 e. The van der Waals surface area contributed by atoms with Crippen LogP contribution in [0.25, 0.3) is 6.08 Å². The molecule has 1 aromatic carbocycles. The Balaban J connectivity index is 2.00. The highest BCUT2D eigenvalue weighted by atomic mass is 35.5. The molecular formula is C17H21ClN2O2S. The summed E-state index contributed by atoms with van der Waals surface area (Å²) in [4.78, 5) is 26.3. The number of halogens is 1. The fourth-order valence-corrected chi connectivity index (χ4v) is 3.45. The SMILES string of the molecule is CCC(C)NC(=O)C1CSCN1C(=O)C=Cc1ccc(Cl)cc1. The fraction of sp³-hybridized carbons (Fsp3) is 0.412. The van der Waals surface area contributed by atoms with Crippen LogP contribution in [-0.2, 0) is 9.59 Å². The smallest absolute Gasteiger partial charge is 0.247 e. The molecule has 0 saturated carbocycles. The van der Waals surface area contributed by atoms with Crippen LogP contribution in [0.5, 0.6) is 0 Å². The van der Waals surface area contributed by atoms with Crippen LogP contribution in [0.15, 0.2) is 30.3 Å². The molecule has 0 bridgehead atoms. The maximum atomic E-state index is 12.4. The Morgan fingerprint density at radius 3 is 2.78 bits per heavy atom. The molecule has 1 heterocycles. The van der Waals surface area contributed by atoms with Gasteiger partial charge in [0.2, 0.25) is 11.8 Å². The van der Waals surface area contributed by atoms with Crippen LogP contribution in [0.3, 0.4) is 0 Å². The Morgan fingerprint density at radius 1 is 1.43 bits per heavy atom. The minimum Gasteiger partial charge on any atom is -0.352 e. The Bertz CT molecular complexity index is 589. The van der Waals surface area contributed by atoms with Gasteiger partial charge >= 0.3 is 0 Å². The summed E-state index contributed by atoms with van der Waals surface area (Å²) >= 11 is 7.44. The van der Waals surface area contributed by atoms with Crippen LogP contribution in [-0.4, -0.2) is 40.4 Å². The second kappa shape index (κ2) is 8.41. The molecule has 1 aliphatic rings. The van der Waals surface area contributed by atoms with Gasteiger partial charge in [-0.2, -0.15) is 0 Å². The van der Waals surface area contributed by atoms with Gasteiger partial charge in [-0.3, -0.25) is 9.59 Å². The van der Waals surface area contributed by atoms with Gasteiger partial charge in [0.15, 0.2) is 0 Å². The van der Waals surface area contributed by atoms with Crippen molar-refractivity contribution in [1.82, 2.24) is 10.2 Å². The van der Waals surface area contributed by atoms with E-state index in [9.17, 15) is 9.59 Å². The van der Waals surface area contributed by atoms with Gasteiger partial charge in [0.25, 0.3) is 0 Å². The molecular weight excluding hydrogens is 332 g/mol. The van der Waals surface area contributed by atoms with Gasteiger partial charge < -0.3 is 10.2 Å². The van der Waals surface area contributed by atoms with E-state index in [-0.39, 0.29) is 17.9 Å². The molecule has 124 valence electrons. The summed E-state index contributed by atoms with van der Waals surface area (Å²) in [7, 11) is 0. The van der Waals surface area contributed by atoms with Gasteiger partial charge in [-0.1, -0.05) is 30.7 Å². The first-order chi connectivity index (χ1) is 11.0. The van der Waals surface area contributed by atoms with Crippen LogP contribution >= 0.6 is 23.4 Å². The lowest BCUT2D eigenvalue weighted by molar-refractivity contribution is -0.135. The van der Waals surface area contributed by atoms with Crippen molar-refractivity contribution in [3.8, 4) is 0 Å². The number of hydrogen-bond donors (Lipinski definition) is 1. The number of rotatable bonds is 5. The van der Waals surface area contributed by atoms with Crippen LogP contribution in [0.4, 0.5) is 0 Å². The Morgan fingerprint density at radius 2 is 2.13 bits per heavy atom. The number of amides is 2. The summed E-state index contributed by atoms with van der Waals surface area (Å²) in [5.74, 6) is 0.970. The van der Waals surface area contributed by atoms with E-state index < -0.39 is 6.04 Å². The van der Waals surface area contributed by atoms with Crippen LogP contribution in [0.2, 0.25) is 5.02 Å². The standard InChI is InChI=1S/C17H21ClN2O2S/c1-3-12(2)19-17(22)15-10-23-11-20(15)16(21)9-6-13-4-7-14(18)8-5-13/h4-9,12,15H,3,10-11H2,1-2H3,(H,19,22). The average Bonchev–Trinajstić information content (AvgIpc) is 3.03. The molecule has 1 aliphatic heterocycles. The first-order valence-electron chi connectivity index (χ1n) is 7.63. The number of hydrogen-bond acceptors (Lipinski definition) is 3. The molecule has 0 aliphatic carbocycles. The minimum atomic E-state index is -0.392. The third-order valence-corrected chi connectivity index (χ3v) is 5.02. The van der Waals surface area contributed by atoms with E-state index >= 15 is 0 Å². The second-order valence-electron chi connectivity index (χ2n) is 5.53. The Hall–Kier alpha value is -1.46. The molecule has 2 rings (SSSR count). The number of carbonyl (C=O) groups excluding carboxylic acids is 2. The summed E-state index contributed by atoms with van der Waals surface area (Å²) in [5, 5.41) is 3.61. The first kappa shape index (κ1) is 17.9. The molecule has 2 unspecified atom stereocenters. The zero-order chi connectivity index (χ0) is 16.8. The number of benzene rings is 1. The van der Waals surface area contributed by atoms with Gasteiger partial charge in [0.1, 0.15) is 6.04 Å². The third-order valence-electron chi connectivity index (χ3n) is 3.76. The molecule has 4 nitrogen and oxygen atoms in total. The maximum absolute atomic E-state index is 12.4. The highest BCUT2D eigenvalue weighted by Gasteiger charge is 2.33. The van der Waals surface area contributed by atoms with E-state index in [1.54, 1.807) is 34.9 Å². The summed E-state index contributed by atoms with van der Waals surface area (Å²) in [5.41, 5.74) is 0.898. The predicted molar refractivity (Wildman–Crippen MR) is 96.3 cm³/mol. The zero-order valence-corrected chi connectivity index (χ0v) is 14.9. The van der Waals surface area contributed by atoms with Gasteiger partial charge in [0.05, 0.1) is 5.88 Å². The molecule has 2 atom stereocenters. The molecule has 6 heteroatoms. The van der Waals surface area contributed by atoms with Crippen molar-refractivity contribution in [1.29, 1.82) is 0 Å². The Kier molecular flexibility index (Phi) is 6.54. The van der Waals surface area contributed by atoms with Crippen molar-refractivity contribution in [3.05, 3.63) is 40.9 Å². The summed E-state index contributed by atoms with van der Waals surface area (Å²) in [6.45, 7) is 3.98. The van der Waals surface area contributed by atoms with Crippen LogP contribution < -0.4 is 5.32 Å². The molecule has 1 N–H and O–H groups in total. The van der Waals surface area contributed by atoms with Crippen molar-refractivity contribution < 1.29 is 9.59 Å². The van der Waals surface area contributed by atoms with Gasteiger partial charge in [0, 0.05) is 22.9 Å². The molecule has 0 spiro atoms. The lowest BCUT2D eigenvalue weighted by Crippen LogP contribution is -2.48. The van der Waals surface area contributed by atoms with E-state index in [0.717, 1.165) is 12.0 Å². The van der Waals surface area contributed by atoms with E-state index in [2.05, 4.69) is 5.32 Å². The lowest BCUT2D eigenvalue weighted by Gasteiger charge is -2.23. The van der Waals surface area contributed by atoms with Gasteiger partial charge in [-0.25, -0.2) is 0 Å². The van der Waals surface area contributed by atoms with Gasteiger partial charge in [-0.15, -0.1) is 11.8 Å². The van der Waals surface area contributed by atoms with Gasteiger partial charge in [-0.05, 0) is 37.1 Å². The van der Waals surface area contributed by atoms with E-state index in [1.165, 1.54) is 6.08 Å². The van der Waals surface area contributed by atoms with Crippen molar-refractivity contribution in [2.24, 2.45) is 0 Å². The first-order valence-corrected chi connectivity index (χ1v) is 9.17. The lowest BCUT2D eigenvalue weighted by atomic mass is 10.2. The molecule has 2 amide bonds. The fourth-order valence-electron chi connectivity index (χ4n) is 2.16. The number of nitrogens with one attached hydrogen (secondary N) is 1. The molecule has 0 aromatic heterocycles. The quantitative estimate of drug-likeness (QED) is 0.828. The van der Waals surface area contributed by atoms with Crippen LogP contribution in [0, 0.1) is 0 Å². The summed E-state index contributed by atoms with van der Waals surface area (Å²) in [6.07, 6.45) is 4.12. The largest absolute Gasteiger partial charge is 0.352 e. The van der Waals surface area contributed by atoms with Crippen LogP contribution in [0.1, 0.15) is 25.8 Å². The topological polar surface area (TPSA) is 49.4 Å². The summed E-state index contributed by atoms with van der Waals surface area (Å²) in [6, 6.07) is 6.97. The van der Waals surface area contributed by atoms with E-state index in [1.807, 2.05) is 26.0 Å². The summed E-state index contributed by atoms with van der Waals surface area (Å²) < 4.78 is 0.